The van der Waals surface area contributed by atoms with Gasteiger partial charge in [-0.3, -0.25) is 14.0 Å². The van der Waals surface area contributed by atoms with Gasteiger partial charge in [-0.2, -0.15) is 13.2 Å². The van der Waals surface area contributed by atoms with Gasteiger partial charge in [0.1, 0.15) is 5.82 Å². The molecule has 0 atom stereocenters. The molecule has 1 N–H and O–H groups in total. The van der Waals surface area contributed by atoms with Crippen molar-refractivity contribution < 1.29 is 22.7 Å². The van der Waals surface area contributed by atoms with Gasteiger partial charge in [0.05, 0.1) is 23.2 Å². The van der Waals surface area contributed by atoms with E-state index < -0.39 is 17.3 Å². The number of fused-ring (bicyclic) bond motifs is 4. The first kappa shape index (κ1) is 22.7. The monoisotopic (exact) mass is 497 g/mol. The van der Waals surface area contributed by atoms with E-state index in [4.69, 9.17) is 4.74 Å². The number of hydrogen-bond donors (Lipinski definition) is 1. The Kier molecular flexibility index (Phi) is 5.15. The summed E-state index contributed by atoms with van der Waals surface area (Å²) in [6.07, 6.45) is -1.09. The summed E-state index contributed by atoms with van der Waals surface area (Å²) >= 11 is 0. The van der Waals surface area contributed by atoms with E-state index >= 15 is 0 Å². The zero-order chi connectivity index (χ0) is 25.2. The molecule has 0 spiro atoms. The van der Waals surface area contributed by atoms with Crippen LogP contribution in [0.3, 0.4) is 0 Å². The number of ether oxygens (including phenoxy) is 1. The van der Waals surface area contributed by atoms with Crippen LogP contribution in [0.1, 0.15) is 58.1 Å². The molecule has 1 aliphatic carbocycles. The number of aromatic nitrogens is 4. The minimum absolute atomic E-state index is 0.131. The molecule has 6 rings (SSSR count). The second kappa shape index (κ2) is 8.16. The third kappa shape index (κ3) is 3.48. The molecule has 2 aromatic carbocycles. The summed E-state index contributed by atoms with van der Waals surface area (Å²) in [5, 5.41) is 8.38. The van der Waals surface area contributed by atoms with Crippen LogP contribution in [0.4, 0.5) is 18.9 Å². The van der Waals surface area contributed by atoms with Crippen LogP contribution in [0.15, 0.2) is 35.1 Å². The zero-order valence-corrected chi connectivity index (χ0v) is 19.4. The molecule has 1 fully saturated rings. The third-order valence-corrected chi connectivity index (χ3v) is 7.15. The molecule has 2 aromatic heterocycles. The Balaban J connectivity index is 1.47. The van der Waals surface area contributed by atoms with E-state index in [1.165, 1.54) is 18.1 Å². The smallest absolute Gasteiger partial charge is 0.380 e. The van der Waals surface area contributed by atoms with Gasteiger partial charge in [0.2, 0.25) is 5.65 Å². The number of carbonyl (C=O) groups excluding carboxylic acids is 1. The van der Waals surface area contributed by atoms with Crippen LogP contribution in [-0.2, 0) is 23.9 Å². The van der Waals surface area contributed by atoms with Crippen LogP contribution >= 0.6 is 0 Å². The number of rotatable bonds is 4. The molecule has 1 saturated carbocycles. The minimum atomic E-state index is -4.45. The Morgan fingerprint density at radius 3 is 2.69 bits per heavy atom. The normalized spacial score (nSPS) is 16.1. The van der Waals surface area contributed by atoms with Gasteiger partial charge in [0, 0.05) is 30.8 Å². The zero-order valence-electron chi connectivity index (χ0n) is 19.4. The standard InChI is InChI=1S/C25H22F3N5O3/c1-36-12-15-10-20-18(29-23(34)22-31-30-21(33(20)22)13-3-2-4-13)11-17(15)24(35)32-8-7-14-9-16(25(26,27)28)5-6-19(14)32/h5-6,9-11,13H,2-4,7-8,12H2,1H3,(H,29,34). The quantitative estimate of drug-likeness (QED) is 0.456. The maximum absolute atomic E-state index is 13.7. The van der Waals surface area contributed by atoms with E-state index in [1.807, 2.05) is 0 Å². The summed E-state index contributed by atoms with van der Waals surface area (Å²) in [7, 11) is 1.52. The lowest BCUT2D eigenvalue weighted by atomic mass is 9.85. The van der Waals surface area contributed by atoms with Crippen molar-refractivity contribution in [3.05, 3.63) is 68.8 Å². The number of benzene rings is 2. The summed E-state index contributed by atoms with van der Waals surface area (Å²) in [5.41, 5.74) is 1.98. The van der Waals surface area contributed by atoms with E-state index in [2.05, 4.69) is 15.2 Å². The maximum atomic E-state index is 13.7. The highest BCUT2D eigenvalue weighted by atomic mass is 19.4. The average molecular weight is 497 g/mol. The molecular formula is C25H22F3N5O3. The van der Waals surface area contributed by atoms with Gasteiger partial charge in [-0.15, -0.1) is 10.2 Å². The molecule has 1 amide bonds. The number of hydrogen-bond acceptors (Lipinski definition) is 5. The number of alkyl halides is 3. The lowest BCUT2D eigenvalue weighted by Gasteiger charge is -2.24. The SMILES string of the molecule is COCc1cc2c(cc1C(=O)N1CCc3cc(C(F)(F)F)ccc31)[nH]c(=O)c1nnc(C3CCC3)n12. The van der Waals surface area contributed by atoms with Crippen LogP contribution in [0, 0.1) is 0 Å². The molecule has 0 saturated heterocycles. The van der Waals surface area contributed by atoms with Crippen molar-refractivity contribution in [1.82, 2.24) is 19.6 Å². The number of anilines is 1. The Morgan fingerprint density at radius 2 is 2.00 bits per heavy atom. The lowest BCUT2D eigenvalue weighted by Crippen LogP contribution is -2.30. The van der Waals surface area contributed by atoms with Crippen LogP contribution in [0.25, 0.3) is 16.7 Å². The van der Waals surface area contributed by atoms with Crippen LogP contribution in [0.5, 0.6) is 0 Å². The summed E-state index contributed by atoms with van der Waals surface area (Å²) in [6.45, 7) is 0.388. The van der Waals surface area contributed by atoms with Crippen molar-refractivity contribution in [2.45, 2.75) is 44.4 Å². The van der Waals surface area contributed by atoms with Crippen molar-refractivity contribution in [1.29, 1.82) is 0 Å². The van der Waals surface area contributed by atoms with Gasteiger partial charge in [0.25, 0.3) is 11.5 Å². The molecular weight excluding hydrogens is 475 g/mol. The van der Waals surface area contributed by atoms with Crippen LogP contribution < -0.4 is 10.5 Å². The van der Waals surface area contributed by atoms with Crippen molar-refractivity contribution in [2.24, 2.45) is 0 Å². The Morgan fingerprint density at radius 1 is 1.19 bits per heavy atom. The number of carbonyl (C=O) groups is 1. The largest absolute Gasteiger partial charge is 0.416 e. The Labute approximate surface area is 202 Å². The van der Waals surface area contributed by atoms with E-state index in [0.717, 1.165) is 37.2 Å². The molecule has 11 heteroatoms. The molecule has 8 nitrogen and oxygen atoms in total. The van der Waals surface area contributed by atoms with Gasteiger partial charge in [-0.05, 0) is 60.7 Å². The topological polar surface area (TPSA) is 92.6 Å². The highest BCUT2D eigenvalue weighted by Crippen LogP contribution is 2.38. The number of aromatic amines is 1. The number of H-pyrrole nitrogens is 1. The molecule has 0 radical (unpaired) electrons. The highest BCUT2D eigenvalue weighted by Gasteiger charge is 2.34. The van der Waals surface area contributed by atoms with Gasteiger partial charge < -0.3 is 14.6 Å². The molecule has 1 aliphatic heterocycles. The first-order chi connectivity index (χ1) is 17.3. The molecule has 3 heterocycles. The van der Waals surface area contributed by atoms with Crippen molar-refractivity contribution in [3.63, 3.8) is 0 Å². The second-order valence-electron chi connectivity index (χ2n) is 9.31. The number of halogens is 3. The predicted molar refractivity (Wildman–Crippen MR) is 125 cm³/mol. The van der Waals surface area contributed by atoms with Gasteiger partial charge in [-0.1, -0.05) is 6.42 Å². The molecule has 0 unspecified atom stereocenters. The summed E-state index contributed by atoms with van der Waals surface area (Å²) < 4.78 is 46.6. The fourth-order valence-electron chi connectivity index (χ4n) is 5.11. The van der Waals surface area contributed by atoms with E-state index in [1.54, 1.807) is 16.5 Å². The Bertz CT molecular complexity index is 1590. The van der Waals surface area contributed by atoms with Crippen molar-refractivity contribution >= 4 is 28.3 Å². The second-order valence-corrected chi connectivity index (χ2v) is 9.31. The lowest BCUT2D eigenvalue weighted by molar-refractivity contribution is -0.137. The molecule has 186 valence electrons. The maximum Gasteiger partial charge on any atom is 0.416 e. The van der Waals surface area contributed by atoms with E-state index in [0.29, 0.717) is 39.8 Å². The van der Waals surface area contributed by atoms with Gasteiger partial charge in [0.15, 0.2) is 0 Å². The molecule has 4 aromatic rings. The first-order valence-electron chi connectivity index (χ1n) is 11.7. The van der Waals surface area contributed by atoms with E-state index in [9.17, 15) is 22.8 Å². The fraction of sp³-hybridized carbons (Fsp3) is 0.360. The number of nitrogens with one attached hydrogen (secondary N) is 1. The van der Waals surface area contributed by atoms with Gasteiger partial charge in [-0.25, -0.2) is 0 Å². The predicted octanol–water partition coefficient (Wildman–Crippen LogP) is 4.21. The molecule has 0 bridgehead atoms. The number of nitrogens with zero attached hydrogens (tertiary/aromatic N) is 4. The highest BCUT2D eigenvalue weighted by molar-refractivity contribution is 6.09. The van der Waals surface area contributed by atoms with Crippen LogP contribution in [-0.4, -0.2) is 39.1 Å². The third-order valence-electron chi connectivity index (χ3n) is 7.15. The average Bonchev–Trinajstić information content (AvgIpc) is 3.42. The van der Waals surface area contributed by atoms with Crippen molar-refractivity contribution in [2.75, 3.05) is 18.6 Å². The minimum Gasteiger partial charge on any atom is -0.380 e. The van der Waals surface area contributed by atoms with E-state index in [-0.39, 0.29) is 30.6 Å². The molecule has 36 heavy (non-hydrogen) atoms. The van der Waals surface area contributed by atoms with Crippen LogP contribution in [0.2, 0.25) is 0 Å². The molecule has 2 aliphatic rings. The Hall–Kier alpha value is -3.73. The number of methoxy groups -OCH3 is 1. The van der Waals surface area contributed by atoms with Gasteiger partial charge >= 0.3 is 6.18 Å². The summed E-state index contributed by atoms with van der Waals surface area (Å²) in [6, 6.07) is 6.84. The first-order valence-corrected chi connectivity index (χ1v) is 11.7. The summed E-state index contributed by atoms with van der Waals surface area (Å²) in [4.78, 5) is 30.7. The number of amides is 1. The fourth-order valence-corrected chi connectivity index (χ4v) is 5.11. The summed E-state index contributed by atoms with van der Waals surface area (Å²) in [5.74, 6) is 0.579. The van der Waals surface area contributed by atoms with Crippen molar-refractivity contribution in [3.8, 4) is 0 Å².